The van der Waals surface area contributed by atoms with Gasteiger partial charge in [-0.3, -0.25) is 14.9 Å². The Balaban J connectivity index is 3.46. The van der Waals surface area contributed by atoms with Crippen molar-refractivity contribution in [3.8, 4) is 5.75 Å². The zero-order valence-corrected chi connectivity index (χ0v) is 9.58. The van der Waals surface area contributed by atoms with Crippen molar-refractivity contribution in [2.75, 3.05) is 5.88 Å². The largest absolute Gasteiger partial charge is 0.501 e. The minimum Gasteiger partial charge on any atom is -0.501 e. The number of phenols is 1. The minimum absolute atomic E-state index is 0.153. The summed E-state index contributed by atoms with van der Waals surface area (Å²) in [4.78, 5) is 21.1. The molecular formula is C8H5BrClNO4. The van der Waals surface area contributed by atoms with Gasteiger partial charge in [0.1, 0.15) is 5.56 Å². The van der Waals surface area contributed by atoms with Gasteiger partial charge in [-0.15, -0.1) is 11.6 Å². The third-order valence-corrected chi connectivity index (χ3v) is 2.59. The number of nitro groups is 1. The zero-order chi connectivity index (χ0) is 11.6. The van der Waals surface area contributed by atoms with Crippen molar-refractivity contribution in [3.05, 3.63) is 32.3 Å². The number of rotatable bonds is 3. The number of carbonyl (C=O) groups excluding carboxylic acids is 1. The quantitative estimate of drug-likeness (QED) is 0.402. The molecule has 0 amide bonds. The molecule has 0 aromatic heterocycles. The van der Waals surface area contributed by atoms with Crippen molar-refractivity contribution in [1.82, 2.24) is 0 Å². The van der Waals surface area contributed by atoms with Gasteiger partial charge in [-0.2, -0.15) is 0 Å². The minimum atomic E-state index is -0.820. The average molecular weight is 294 g/mol. The molecule has 0 saturated carbocycles. The third kappa shape index (κ3) is 2.27. The lowest BCUT2D eigenvalue weighted by Gasteiger charge is -2.03. The standard InChI is InChI=1S/C8H5BrClNO4/c9-5-2-1-4(6(12)3-10)7(8(5)13)11(14)15/h1-2,13H,3H2. The Morgan fingerprint density at radius 1 is 1.60 bits per heavy atom. The molecular weight excluding hydrogens is 289 g/mol. The van der Waals surface area contributed by atoms with Crippen molar-refractivity contribution >= 4 is 39.0 Å². The SMILES string of the molecule is O=C(CCl)c1ccc(Br)c(O)c1[N+](=O)[O-]. The monoisotopic (exact) mass is 293 g/mol. The third-order valence-electron chi connectivity index (χ3n) is 1.71. The summed E-state index contributed by atoms with van der Waals surface area (Å²) >= 11 is 8.21. The second kappa shape index (κ2) is 4.59. The van der Waals surface area contributed by atoms with E-state index in [9.17, 15) is 20.0 Å². The van der Waals surface area contributed by atoms with Gasteiger partial charge in [-0.05, 0) is 28.1 Å². The summed E-state index contributed by atoms with van der Waals surface area (Å²) < 4.78 is 0.153. The molecule has 0 aliphatic carbocycles. The molecule has 0 spiro atoms. The normalized spacial score (nSPS) is 10.0. The maximum absolute atomic E-state index is 11.2. The number of benzene rings is 1. The van der Waals surface area contributed by atoms with Crippen LogP contribution in [0.1, 0.15) is 10.4 Å². The van der Waals surface area contributed by atoms with E-state index in [4.69, 9.17) is 11.6 Å². The summed E-state index contributed by atoms with van der Waals surface area (Å²) in [5.74, 6) is -1.55. The number of hydrogen-bond donors (Lipinski definition) is 1. The van der Waals surface area contributed by atoms with Crippen molar-refractivity contribution in [2.45, 2.75) is 0 Å². The van der Waals surface area contributed by atoms with Gasteiger partial charge in [0.25, 0.3) is 0 Å². The lowest BCUT2D eigenvalue weighted by Crippen LogP contribution is -2.05. The van der Waals surface area contributed by atoms with Crippen LogP contribution in [0.25, 0.3) is 0 Å². The lowest BCUT2D eigenvalue weighted by atomic mass is 10.1. The number of nitro benzene ring substituents is 1. The predicted octanol–water partition coefficient (Wildman–Crippen LogP) is 2.48. The number of carbonyl (C=O) groups is 1. The Hall–Kier alpha value is -1.14. The maximum atomic E-state index is 11.2. The van der Waals surface area contributed by atoms with E-state index in [0.29, 0.717) is 0 Å². The molecule has 1 aromatic rings. The molecule has 5 nitrogen and oxygen atoms in total. The highest BCUT2D eigenvalue weighted by molar-refractivity contribution is 9.10. The molecule has 0 heterocycles. The van der Waals surface area contributed by atoms with Crippen LogP contribution >= 0.6 is 27.5 Å². The molecule has 0 aliphatic rings. The molecule has 80 valence electrons. The highest BCUT2D eigenvalue weighted by Gasteiger charge is 2.25. The second-order valence-electron chi connectivity index (χ2n) is 2.61. The first-order valence-electron chi connectivity index (χ1n) is 3.74. The Kier molecular flexibility index (Phi) is 3.65. The summed E-state index contributed by atoms with van der Waals surface area (Å²) in [5, 5.41) is 20.1. The van der Waals surface area contributed by atoms with Crippen molar-refractivity contribution < 1.29 is 14.8 Å². The van der Waals surface area contributed by atoms with Crippen LogP contribution in [0.4, 0.5) is 5.69 Å². The molecule has 7 heteroatoms. The number of Topliss-reactive ketones (excluding diaryl/α,β-unsaturated/α-hetero) is 1. The average Bonchev–Trinajstić information content (AvgIpc) is 2.20. The van der Waals surface area contributed by atoms with E-state index in [1.54, 1.807) is 0 Å². The van der Waals surface area contributed by atoms with Gasteiger partial charge in [0.05, 0.1) is 15.3 Å². The topological polar surface area (TPSA) is 80.4 Å². The Morgan fingerprint density at radius 3 is 2.67 bits per heavy atom. The van der Waals surface area contributed by atoms with Crippen LogP contribution in [0, 0.1) is 10.1 Å². The van der Waals surface area contributed by atoms with E-state index in [0.717, 1.165) is 0 Å². The molecule has 1 rings (SSSR count). The van der Waals surface area contributed by atoms with Gasteiger partial charge in [-0.25, -0.2) is 0 Å². The molecule has 0 unspecified atom stereocenters. The number of aromatic hydroxyl groups is 1. The lowest BCUT2D eigenvalue weighted by molar-refractivity contribution is -0.386. The van der Waals surface area contributed by atoms with E-state index in [-0.39, 0.29) is 15.9 Å². The number of alkyl halides is 1. The number of nitrogens with zero attached hydrogens (tertiary/aromatic N) is 1. The first-order valence-corrected chi connectivity index (χ1v) is 5.06. The number of ketones is 1. The van der Waals surface area contributed by atoms with Gasteiger partial charge < -0.3 is 5.11 Å². The fourth-order valence-corrected chi connectivity index (χ4v) is 1.50. The molecule has 0 fully saturated rings. The van der Waals surface area contributed by atoms with Gasteiger partial charge in [-0.1, -0.05) is 0 Å². The number of halogens is 2. The maximum Gasteiger partial charge on any atom is 0.322 e. The van der Waals surface area contributed by atoms with E-state index < -0.39 is 22.1 Å². The smallest absolute Gasteiger partial charge is 0.322 e. The van der Waals surface area contributed by atoms with Crippen LogP contribution < -0.4 is 0 Å². The zero-order valence-electron chi connectivity index (χ0n) is 7.24. The molecule has 0 aliphatic heterocycles. The van der Waals surface area contributed by atoms with Crippen molar-refractivity contribution in [1.29, 1.82) is 0 Å². The van der Waals surface area contributed by atoms with Crippen LogP contribution in [0.5, 0.6) is 5.75 Å². The number of hydrogen-bond acceptors (Lipinski definition) is 4. The summed E-state index contributed by atoms with van der Waals surface area (Å²) in [7, 11) is 0. The van der Waals surface area contributed by atoms with E-state index in [2.05, 4.69) is 15.9 Å². The Labute approximate surface area is 97.9 Å². The predicted molar refractivity (Wildman–Crippen MR) is 57.5 cm³/mol. The van der Waals surface area contributed by atoms with Crippen LogP contribution in [0.2, 0.25) is 0 Å². The van der Waals surface area contributed by atoms with Gasteiger partial charge in [0.2, 0.25) is 5.75 Å². The van der Waals surface area contributed by atoms with Crippen LogP contribution in [-0.4, -0.2) is 21.7 Å². The van der Waals surface area contributed by atoms with Gasteiger partial charge in [0, 0.05) is 0 Å². The summed E-state index contributed by atoms with van der Waals surface area (Å²) in [5.41, 5.74) is -0.828. The Bertz CT molecular complexity index is 435. The highest BCUT2D eigenvalue weighted by atomic mass is 79.9. The molecule has 0 radical (unpaired) electrons. The second-order valence-corrected chi connectivity index (χ2v) is 3.73. The van der Waals surface area contributed by atoms with E-state index in [1.807, 2.05) is 0 Å². The fourth-order valence-electron chi connectivity index (χ4n) is 1.04. The molecule has 1 N–H and O–H groups in total. The molecule has 15 heavy (non-hydrogen) atoms. The fraction of sp³-hybridized carbons (Fsp3) is 0.125. The first-order chi connectivity index (χ1) is 6.99. The number of phenolic OH excluding ortho intramolecular Hbond substituents is 1. The summed E-state index contributed by atoms with van der Waals surface area (Å²) in [6.07, 6.45) is 0. The molecule has 0 bridgehead atoms. The summed E-state index contributed by atoms with van der Waals surface area (Å²) in [6.45, 7) is 0. The van der Waals surface area contributed by atoms with Crippen LogP contribution in [0.15, 0.2) is 16.6 Å². The molecule has 0 saturated heterocycles. The van der Waals surface area contributed by atoms with Crippen LogP contribution in [0.3, 0.4) is 0 Å². The van der Waals surface area contributed by atoms with Gasteiger partial charge >= 0.3 is 5.69 Å². The molecule has 1 aromatic carbocycles. The van der Waals surface area contributed by atoms with E-state index in [1.165, 1.54) is 12.1 Å². The molecule has 0 atom stereocenters. The Morgan fingerprint density at radius 2 is 2.20 bits per heavy atom. The summed E-state index contributed by atoms with van der Waals surface area (Å²) in [6, 6.07) is 2.59. The van der Waals surface area contributed by atoms with E-state index >= 15 is 0 Å². The highest BCUT2D eigenvalue weighted by Crippen LogP contribution is 2.36. The van der Waals surface area contributed by atoms with Crippen molar-refractivity contribution in [2.24, 2.45) is 0 Å². The van der Waals surface area contributed by atoms with Gasteiger partial charge in [0.15, 0.2) is 5.78 Å². The van der Waals surface area contributed by atoms with Crippen LogP contribution in [-0.2, 0) is 0 Å². The van der Waals surface area contributed by atoms with Crippen molar-refractivity contribution in [3.63, 3.8) is 0 Å². The first kappa shape index (κ1) is 11.9.